The van der Waals surface area contributed by atoms with Crippen LogP contribution < -0.4 is 20.9 Å². The number of hydrogen-bond donors (Lipinski definition) is 0. The molecule has 1 atom stereocenters. The van der Waals surface area contributed by atoms with Crippen LogP contribution >= 0.6 is 0 Å². The van der Waals surface area contributed by atoms with E-state index in [4.69, 9.17) is 9.72 Å². The van der Waals surface area contributed by atoms with Gasteiger partial charge in [-0.05, 0) is 37.1 Å². The van der Waals surface area contributed by atoms with Crippen LogP contribution in [0.5, 0.6) is 5.75 Å². The van der Waals surface area contributed by atoms with Crippen LogP contribution in [0.1, 0.15) is 13.8 Å². The molecule has 4 rings (SSSR count). The van der Waals surface area contributed by atoms with Crippen LogP contribution in [0.2, 0.25) is 0 Å². The molecule has 8 nitrogen and oxygen atoms in total. The van der Waals surface area contributed by atoms with Gasteiger partial charge in [-0.2, -0.15) is 4.98 Å². The van der Waals surface area contributed by atoms with Gasteiger partial charge >= 0.3 is 5.69 Å². The number of fused-ring (bicyclic) bond motifs is 3. The van der Waals surface area contributed by atoms with E-state index in [1.54, 1.807) is 21.1 Å². The lowest BCUT2D eigenvalue weighted by Gasteiger charge is -2.33. The van der Waals surface area contributed by atoms with Crippen molar-refractivity contribution in [3.8, 4) is 5.75 Å². The Morgan fingerprint density at radius 2 is 1.89 bits per heavy atom. The van der Waals surface area contributed by atoms with Crippen molar-refractivity contribution < 1.29 is 4.74 Å². The third-order valence-corrected chi connectivity index (χ3v) is 5.14. The fourth-order valence-electron chi connectivity index (χ4n) is 3.76. The standard InChI is InChI=1S/C19H23N5O3/c1-5-22-17(25)15-16(21(3)19(22)26)20-18-23(10-12(2)11-24(15)18)13-6-8-14(27-4)9-7-13/h6-9,12H,5,10-11H2,1-4H3/t12-/m0/s1. The summed E-state index contributed by atoms with van der Waals surface area (Å²) in [7, 11) is 3.30. The Morgan fingerprint density at radius 3 is 2.52 bits per heavy atom. The maximum atomic E-state index is 13.0. The summed E-state index contributed by atoms with van der Waals surface area (Å²) in [6.45, 7) is 5.75. The fourth-order valence-corrected chi connectivity index (χ4v) is 3.76. The first kappa shape index (κ1) is 17.4. The Hall–Kier alpha value is -3.03. The Morgan fingerprint density at radius 1 is 1.19 bits per heavy atom. The van der Waals surface area contributed by atoms with Crippen LogP contribution in [0, 0.1) is 5.92 Å². The second kappa shape index (κ2) is 6.29. The first-order valence-corrected chi connectivity index (χ1v) is 9.07. The lowest BCUT2D eigenvalue weighted by Crippen LogP contribution is -2.40. The molecule has 0 unspecified atom stereocenters. The molecule has 0 amide bonds. The highest BCUT2D eigenvalue weighted by atomic mass is 16.5. The van der Waals surface area contributed by atoms with Gasteiger partial charge in [-0.25, -0.2) is 4.79 Å². The number of imidazole rings is 1. The van der Waals surface area contributed by atoms with Crippen molar-refractivity contribution in [2.45, 2.75) is 26.9 Å². The Balaban J connectivity index is 1.98. The number of methoxy groups -OCH3 is 1. The number of nitrogens with zero attached hydrogens (tertiary/aromatic N) is 5. The predicted octanol–water partition coefficient (Wildman–Crippen LogP) is 1.71. The zero-order valence-electron chi connectivity index (χ0n) is 16.0. The minimum Gasteiger partial charge on any atom is -0.497 e. The molecule has 142 valence electrons. The summed E-state index contributed by atoms with van der Waals surface area (Å²) in [4.78, 5) is 32.2. The maximum Gasteiger partial charge on any atom is 0.332 e. The Labute approximate surface area is 156 Å². The molecule has 0 bridgehead atoms. The average molecular weight is 369 g/mol. The molecule has 1 aliphatic rings. The van der Waals surface area contributed by atoms with Crippen LogP contribution in [0.15, 0.2) is 33.9 Å². The molecule has 3 aromatic rings. The van der Waals surface area contributed by atoms with Crippen molar-refractivity contribution in [1.29, 1.82) is 0 Å². The number of anilines is 2. The third-order valence-electron chi connectivity index (χ3n) is 5.14. The zero-order chi connectivity index (χ0) is 19.3. The maximum absolute atomic E-state index is 13.0. The number of rotatable bonds is 3. The molecule has 0 saturated heterocycles. The predicted molar refractivity (Wildman–Crippen MR) is 104 cm³/mol. The fraction of sp³-hybridized carbons (Fsp3) is 0.421. The molecule has 3 heterocycles. The van der Waals surface area contributed by atoms with Gasteiger partial charge in [0.15, 0.2) is 11.2 Å². The van der Waals surface area contributed by atoms with E-state index in [9.17, 15) is 9.59 Å². The van der Waals surface area contributed by atoms with Crippen molar-refractivity contribution in [3.63, 3.8) is 0 Å². The highest BCUT2D eigenvalue weighted by Crippen LogP contribution is 2.33. The zero-order valence-corrected chi connectivity index (χ0v) is 16.0. The van der Waals surface area contributed by atoms with E-state index in [0.29, 0.717) is 36.1 Å². The van der Waals surface area contributed by atoms with E-state index in [1.807, 2.05) is 28.8 Å². The van der Waals surface area contributed by atoms with Gasteiger partial charge < -0.3 is 14.2 Å². The van der Waals surface area contributed by atoms with Crippen molar-refractivity contribution in [1.82, 2.24) is 18.7 Å². The molecular formula is C19H23N5O3. The summed E-state index contributed by atoms with van der Waals surface area (Å²) in [6, 6.07) is 7.76. The third kappa shape index (κ3) is 2.55. The number of aryl methyl sites for hydroxylation is 1. The topological polar surface area (TPSA) is 74.3 Å². The minimum absolute atomic E-state index is 0.280. The highest BCUT2D eigenvalue weighted by Gasteiger charge is 2.29. The molecular weight excluding hydrogens is 346 g/mol. The largest absolute Gasteiger partial charge is 0.497 e. The summed E-state index contributed by atoms with van der Waals surface area (Å²) in [6.07, 6.45) is 0. The van der Waals surface area contributed by atoms with Gasteiger partial charge in [0.05, 0.1) is 7.11 Å². The van der Waals surface area contributed by atoms with E-state index in [2.05, 4.69) is 11.8 Å². The second-order valence-electron chi connectivity index (χ2n) is 7.00. The quantitative estimate of drug-likeness (QED) is 0.703. The lowest BCUT2D eigenvalue weighted by molar-refractivity contribution is 0.414. The molecule has 0 aliphatic carbocycles. The highest BCUT2D eigenvalue weighted by molar-refractivity contribution is 5.77. The number of ether oxygens (including phenoxy) is 1. The second-order valence-corrected chi connectivity index (χ2v) is 7.00. The monoisotopic (exact) mass is 369 g/mol. The average Bonchev–Trinajstić information content (AvgIpc) is 3.06. The molecule has 0 N–H and O–H groups in total. The van der Waals surface area contributed by atoms with E-state index in [1.165, 1.54) is 9.13 Å². The van der Waals surface area contributed by atoms with Gasteiger partial charge in [0.1, 0.15) is 5.75 Å². The molecule has 0 fully saturated rings. The summed E-state index contributed by atoms with van der Waals surface area (Å²) < 4.78 is 9.91. The van der Waals surface area contributed by atoms with Gasteiger partial charge in [0.25, 0.3) is 5.56 Å². The van der Waals surface area contributed by atoms with Gasteiger partial charge in [-0.1, -0.05) is 6.92 Å². The summed E-state index contributed by atoms with van der Waals surface area (Å²) >= 11 is 0. The number of aromatic nitrogens is 4. The molecule has 0 spiro atoms. The van der Waals surface area contributed by atoms with Gasteiger partial charge in [-0.15, -0.1) is 0 Å². The van der Waals surface area contributed by atoms with Crippen molar-refractivity contribution in [2.24, 2.45) is 13.0 Å². The van der Waals surface area contributed by atoms with Crippen LogP contribution in [0.4, 0.5) is 11.6 Å². The van der Waals surface area contributed by atoms with Crippen LogP contribution in [-0.4, -0.2) is 32.3 Å². The molecule has 0 saturated carbocycles. The molecule has 0 radical (unpaired) electrons. The van der Waals surface area contributed by atoms with Gasteiger partial charge in [0.2, 0.25) is 5.95 Å². The molecule has 2 aromatic heterocycles. The molecule has 1 aromatic carbocycles. The van der Waals surface area contributed by atoms with Gasteiger partial charge in [0, 0.05) is 32.4 Å². The summed E-state index contributed by atoms with van der Waals surface area (Å²) in [5, 5.41) is 0. The SMILES string of the molecule is CCn1c(=O)c2c(nc3n2C[C@@H](C)CN3c2ccc(OC)cc2)n(C)c1=O. The van der Waals surface area contributed by atoms with Crippen LogP contribution in [-0.2, 0) is 20.1 Å². The van der Waals surface area contributed by atoms with E-state index < -0.39 is 0 Å². The van der Waals surface area contributed by atoms with Crippen molar-refractivity contribution >= 4 is 22.8 Å². The summed E-state index contributed by atoms with van der Waals surface area (Å²) in [5.74, 6) is 1.79. The van der Waals surface area contributed by atoms with E-state index in [-0.39, 0.29) is 11.2 Å². The molecule has 27 heavy (non-hydrogen) atoms. The lowest BCUT2D eigenvalue weighted by atomic mass is 10.1. The normalized spacial score (nSPS) is 16.6. The number of benzene rings is 1. The number of hydrogen-bond acceptors (Lipinski definition) is 5. The minimum atomic E-state index is -0.338. The van der Waals surface area contributed by atoms with Gasteiger partial charge in [-0.3, -0.25) is 13.9 Å². The first-order chi connectivity index (χ1) is 13.0. The van der Waals surface area contributed by atoms with Crippen LogP contribution in [0.25, 0.3) is 11.2 Å². The Bertz CT molecular complexity index is 1120. The first-order valence-electron chi connectivity index (χ1n) is 9.07. The Kier molecular flexibility index (Phi) is 4.05. The molecule has 1 aliphatic heterocycles. The summed E-state index contributed by atoms with van der Waals surface area (Å²) in [5.41, 5.74) is 1.27. The van der Waals surface area contributed by atoms with Crippen molar-refractivity contribution in [3.05, 3.63) is 45.1 Å². The smallest absolute Gasteiger partial charge is 0.332 e. The van der Waals surface area contributed by atoms with E-state index in [0.717, 1.165) is 18.0 Å². The molecule has 8 heteroatoms. The van der Waals surface area contributed by atoms with Crippen LogP contribution in [0.3, 0.4) is 0 Å². The van der Waals surface area contributed by atoms with Crippen molar-refractivity contribution in [2.75, 3.05) is 18.6 Å². The van der Waals surface area contributed by atoms with E-state index >= 15 is 0 Å².